The number of sulfonamides is 1. The number of hydrogen-bond donors (Lipinski definition) is 2. The lowest BCUT2D eigenvalue weighted by Crippen LogP contribution is -2.36. The molecule has 0 bridgehead atoms. The van der Waals surface area contributed by atoms with Crippen LogP contribution in [0.25, 0.3) is 0 Å². The Morgan fingerprint density at radius 2 is 1.83 bits per heavy atom. The second kappa shape index (κ2) is 8.54. The van der Waals surface area contributed by atoms with Crippen molar-refractivity contribution in [2.24, 2.45) is 7.05 Å². The number of benzene rings is 1. The molecule has 1 aliphatic heterocycles. The van der Waals surface area contributed by atoms with Crippen LogP contribution in [0.15, 0.2) is 23.1 Å². The van der Waals surface area contributed by atoms with E-state index < -0.39 is 10.0 Å². The molecule has 2 aromatic rings. The predicted molar refractivity (Wildman–Crippen MR) is 114 cm³/mol. The molecule has 0 aliphatic carbocycles. The SMILES string of the molecule is Cc1ccc(NCC(=O)Nc2c(C)nn(C)c2C)cc1S(=O)(=O)N1CCCCC1. The van der Waals surface area contributed by atoms with Crippen LogP contribution in [-0.4, -0.2) is 48.0 Å². The molecule has 1 aromatic heterocycles. The summed E-state index contributed by atoms with van der Waals surface area (Å²) in [4.78, 5) is 12.7. The fourth-order valence-electron chi connectivity index (χ4n) is 3.55. The van der Waals surface area contributed by atoms with Gasteiger partial charge in [-0.1, -0.05) is 12.5 Å². The summed E-state index contributed by atoms with van der Waals surface area (Å²) in [5.74, 6) is -0.217. The third-order valence-electron chi connectivity index (χ3n) is 5.35. The molecule has 1 aliphatic rings. The zero-order chi connectivity index (χ0) is 21.2. The van der Waals surface area contributed by atoms with Gasteiger partial charge in [0.25, 0.3) is 0 Å². The number of aromatic nitrogens is 2. The van der Waals surface area contributed by atoms with Gasteiger partial charge in [-0.05, 0) is 51.3 Å². The van der Waals surface area contributed by atoms with Crippen LogP contribution >= 0.6 is 0 Å². The Balaban J connectivity index is 1.70. The highest BCUT2D eigenvalue weighted by atomic mass is 32.2. The van der Waals surface area contributed by atoms with Crippen LogP contribution in [0.4, 0.5) is 11.4 Å². The Kier molecular flexibility index (Phi) is 6.28. The highest BCUT2D eigenvalue weighted by Crippen LogP contribution is 2.26. The summed E-state index contributed by atoms with van der Waals surface area (Å²) in [7, 11) is -1.70. The van der Waals surface area contributed by atoms with Crippen LogP contribution in [0.1, 0.15) is 36.2 Å². The fraction of sp³-hybridized carbons (Fsp3) is 0.500. The monoisotopic (exact) mass is 419 g/mol. The normalized spacial score (nSPS) is 15.3. The zero-order valence-corrected chi connectivity index (χ0v) is 18.3. The summed E-state index contributed by atoms with van der Waals surface area (Å²) in [5.41, 5.74) is 3.63. The van der Waals surface area contributed by atoms with Gasteiger partial charge >= 0.3 is 0 Å². The van der Waals surface area contributed by atoms with E-state index in [1.165, 1.54) is 0 Å². The Morgan fingerprint density at radius 1 is 1.14 bits per heavy atom. The molecule has 0 spiro atoms. The van der Waals surface area contributed by atoms with Crippen LogP contribution in [0.2, 0.25) is 0 Å². The van der Waals surface area contributed by atoms with Crippen LogP contribution in [0.5, 0.6) is 0 Å². The number of nitrogens with zero attached hydrogens (tertiary/aromatic N) is 3. The third kappa shape index (κ3) is 4.62. The van der Waals surface area contributed by atoms with E-state index in [1.54, 1.807) is 34.1 Å². The second-order valence-corrected chi connectivity index (χ2v) is 9.42. The average Bonchev–Trinajstić information content (AvgIpc) is 2.94. The molecular formula is C20H29N5O3S. The number of nitrogens with one attached hydrogen (secondary N) is 2. The first-order chi connectivity index (χ1) is 13.7. The van der Waals surface area contributed by atoms with E-state index in [0.29, 0.717) is 34.9 Å². The van der Waals surface area contributed by atoms with Gasteiger partial charge in [-0.3, -0.25) is 9.48 Å². The fourth-order valence-corrected chi connectivity index (χ4v) is 5.32. The van der Waals surface area contributed by atoms with E-state index in [9.17, 15) is 13.2 Å². The van der Waals surface area contributed by atoms with Gasteiger partial charge in [-0.25, -0.2) is 8.42 Å². The maximum atomic E-state index is 13.0. The van der Waals surface area contributed by atoms with Crippen molar-refractivity contribution in [1.29, 1.82) is 0 Å². The van der Waals surface area contributed by atoms with Gasteiger partial charge in [-0.15, -0.1) is 0 Å². The Labute approximate surface area is 172 Å². The first kappa shape index (κ1) is 21.3. The number of anilines is 2. The van der Waals surface area contributed by atoms with Gasteiger partial charge < -0.3 is 10.6 Å². The summed E-state index contributed by atoms with van der Waals surface area (Å²) in [5, 5.41) is 10.2. The first-order valence-corrected chi connectivity index (χ1v) is 11.3. The first-order valence-electron chi connectivity index (χ1n) is 9.85. The van der Waals surface area contributed by atoms with Gasteiger partial charge in [-0.2, -0.15) is 9.40 Å². The molecule has 3 rings (SSSR count). The number of piperidine rings is 1. The molecule has 0 atom stereocenters. The molecule has 1 amide bonds. The van der Waals surface area contributed by atoms with Gasteiger partial charge in [0.2, 0.25) is 15.9 Å². The van der Waals surface area contributed by atoms with Crippen LogP contribution in [0.3, 0.4) is 0 Å². The minimum Gasteiger partial charge on any atom is -0.376 e. The lowest BCUT2D eigenvalue weighted by molar-refractivity contribution is -0.114. The maximum absolute atomic E-state index is 13.0. The molecule has 2 N–H and O–H groups in total. The van der Waals surface area contributed by atoms with Crippen molar-refractivity contribution in [1.82, 2.24) is 14.1 Å². The topological polar surface area (TPSA) is 96.3 Å². The minimum absolute atomic E-state index is 0.0278. The van der Waals surface area contributed by atoms with E-state index in [4.69, 9.17) is 0 Å². The molecule has 158 valence electrons. The lowest BCUT2D eigenvalue weighted by atomic mass is 10.2. The van der Waals surface area contributed by atoms with E-state index >= 15 is 0 Å². The molecule has 2 heterocycles. The smallest absolute Gasteiger partial charge is 0.243 e. The lowest BCUT2D eigenvalue weighted by Gasteiger charge is -2.26. The summed E-state index contributed by atoms with van der Waals surface area (Å²) in [6.07, 6.45) is 2.85. The average molecular weight is 420 g/mol. The van der Waals surface area contributed by atoms with Crippen LogP contribution in [0, 0.1) is 20.8 Å². The quantitative estimate of drug-likeness (QED) is 0.750. The molecule has 8 nitrogen and oxygen atoms in total. The maximum Gasteiger partial charge on any atom is 0.243 e. The number of hydrogen-bond acceptors (Lipinski definition) is 5. The molecule has 29 heavy (non-hydrogen) atoms. The van der Waals surface area contributed by atoms with Crippen molar-refractivity contribution in [3.05, 3.63) is 35.2 Å². The summed E-state index contributed by atoms with van der Waals surface area (Å²) < 4.78 is 29.3. The Morgan fingerprint density at radius 3 is 2.45 bits per heavy atom. The standard InChI is InChI=1S/C20H29N5O3S/c1-14-8-9-17(12-18(14)29(27,28)25-10-6-5-7-11-25)21-13-19(26)22-20-15(2)23-24(4)16(20)3/h8-9,12,21H,5-7,10-11,13H2,1-4H3,(H,22,26). The molecule has 9 heteroatoms. The molecule has 1 saturated heterocycles. The largest absolute Gasteiger partial charge is 0.376 e. The Bertz CT molecular complexity index is 1010. The number of rotatable bonds is 6. The number of carbonyl (C=O) groups excluding carboxylic acids is 1. The molecule has 0 radical (unpaired) electrons. The molecule has 1 fully saturated rings. The van der Waals surface area contributed by atoms with Crippen LogP contribution < -0.4 is 10.6 Å². The highest BCUT2D eigenvalue weighted by Gasteiger charge is 2.27. The molecular weight excluding hydrogens is 390 g/mol. The van der Waals surface area contributed by atoms with Crippen molar-refractivity contribution >= 4 is 27.3 Å². The summed E-state index contributed by atoms with van der Waals surface area (Å²) >= 11 is 0. The van der Waals surface area contributed by atoms with E-state index in [2.05, 4.69) is 15.7 Å². The van der Waals surface area contributed by atoms with Crippen molar-refractivity contribution in [2.75, 3.05) is 30.3 Å². The predicted octanol–water partition coefficient (Wildman–Crippen LogP) is 2.57. The van der Waals surface area contributed by atoms with Gasteiger partial charge in [0.05, 0.1) is 28.5 Å². The van der Waals surface area contributed by atoms with E-state index in [0.717, 1.165) is 30.7 Å². The minimum atomic E-state index is -3.53. The second-order valence-electron chi connectivity index (χ2n) is 7.52. The third-order valence-corrected chi connectivity index (χ3v) is 7.39. The number of carbonyl (C=O) groups is 1. The highest BCUT2D eigenvalue weighted by molar-refractivity contribution is 7.89. The van der Waals surface area contributed by atoms with Gasteiger partial charge in [0, 0.05) is 25.8 Å². The number of amides is 1. The van der Waals surface area contributed by atoms with E-state index in [1.807, 2.05) is 20.9 Å². The van der Waals surface area contributed by atoms with E-state index in [-0.39, 0.29) is 12.5 Å². The molecule has 1 aromatic carbocycles. The Hall–Kier alpha value is -2.39. The number of aryl methyl sites for hydroxylation is 3. The van der Waals surface area contributed by atoms with Gasteiger partial charge in [0.1, 0.15) is 0 Å². The van der Waals surface area contributed by atoms with Crippen molar-refractivity contribution in [3.63, 3.8) is 0 Å². The van der Waals surface area contributed by atoms with Crippen LogP contribution in [-0.2, 0) is 21.9 Å². The van der Waals surface area contributed by atoms with Gasteiger partial charge in [0.15, 0.2) is 0 Å². The zero-order valence-electron chi connectivity index (χ0n) is 17.4. The molecule has 0 unspecified atom stereocenters. The van der Waals surface area contributed by atoms with Crippen molar-refractivity contribution < 1.29 is 13.2 Å². The van der Waals surface area contributed by atoms with Crippen molar-refractivity contribution in [3.8, 4) is 0 Å². The van der Waals surface area contributed by atoms with Crippen molar-refractivity contribution in [2.45, 2.75) is 44.9 Å². The summed E-state index contributed by atoms with van der Waals surface area (Å²) in [6.45, 7) is 6.67. The summed E-state index contributed by atoms with van der Waals surface area (Å²) in [6, 6.07) is 5.18. The molecule has 0 saturated carbocycles.